The number of benzene rings is 10. The molecule has 1 aliphatic heterocycles. The molecule has 328 valence electrons. The molecule has 1 unspecified atom stereocenters. The first-order valence-electron chi connectivity index (χ1n) is 23.7. The van der Waals surface area contributed by atoms with E-state index in [2.05, 4.69) is 248 Å². The molecule has 13 rings (SSSR count). The van der Waals surface area contributed by atoms with Crippen LogP contribution in [0.25, 0.3) is 83.8 Å². The lowest BCUT2D eigenvalue weighted by Gasteiger charge is -2.28. The van der Waals surface area contributed by atoms with Crippen LogP contribution in [0.1, 0.15) is 24.0 Å². The van der Waals surface area contributed by atoms with Gasteiger partial charge in [-0.25, -0.2) is 0 Å². The van der Waals surface area contributed by atoms with E-state index in [1.54, 1.807) is 0 Å². The van der Waals surface area contributed by atoms with Crippen LogP contribution in [0.5, 0.6) is 0 Å². The van der Waals surface area contributed by atoms with Crippen molar-refractivity contribution >= 4 is 124 Å². The van der Waals surface area contributed by atoms with Gasteiger partial charge in [-0.1, -0.05) is 189 Å². The maximum absolute atomic E-state index is 2.54. The highest BCUT2D eigenvalue weighted by Crippen LogP contribution is 2.48. The Labute approximate surface area is 414 Å². The lowest BCUT2D eigenvalue weighted by Crippen LogP contribution is -2.11. The van der Waals surface area contributed by atoms with Crippen molar-refractivity contribution in [2.24, 2.45) is 0 Å². The fraction of sp³-hybridized carbons (Fsp3) is 0.0462. The zero-order chi connectivity index (χ0) is 45.8. The molecule has 4 heteroatoms. The summed E-state index contributed by atoms with van der Waals surface area (Å²) in [7, 11) is 0. The Balaban J connectivity index is 1.10. The molecule has 0 saturated heterocycles. The molecule has 1 nitrogen and oxygen atoms in total. The maximum atomic E-state index is 2.54. The second kappa shape index (κ2) is 17.6. The van der Waals surface area contributed by atoms with Gasteiger partial charge in [-0.3, -0.25) is 0 Å². The fourth-order valence-corrected chi connectivity index (χ4v) is 13.8. The number of hydrogen-bond donors (Lipinski definition) is 0. The van der Waals surface area contributed by atoms with Gasteiger partial charge in [0.15, 0.2) is 0 Å². The predicted octanol–water partition coefficient (Wildman–Crippen LogP) is 20.1. The Morgan fingerprint density at radius 3 is 1.93 bits per heavy atom. The van der Waals surface area contributed by atoms with Crippen LogP contribution in [-0.2, 0) is 6.42 Å². The molecule has 0 fully saturated rings. The van der Waals surface area contributed by atoms with Crippen molar-refractivity contribution in [1.29, 1.82) is 0 Å². The standard InChI is InChI=1S/C65H45NS3/c1-42-18-3-2-4-20-44-40-45(35-38-58(44)67-59-30-14-11-26-52(59)49-23-8-7-21-47(42)49)66(57-29-17-33-63-65(57)55-28-13-16-32-61(55)69-63)46-36-39-62-56(41-46)64-48-22-6-5-19-43(48)34-37-54(64)51-25-10-9-24-50(51)53-27-12-15-31-60(53)68-62/h2-19,21-42H,20H2,1H3/b4-2-,18-3-. The van der Waals surface area contributed by atoms with Crippen molar-refractivity contribution in [3.63, 3.8) is 0 Å². The number of allylic oxidation sites excluding steroid dienone is 4. The minimum Gasteiger partial charge on any atom is -0.310 e. The smallest absolute Gasteiger partial charge is 0.0554 e. The Morgan fingerprint density at radius 2 is 1.06 bits per heavy atom. The molecule has 0 spiro atoms. The van der Waals surface area contributed by atoms with Gasteiger partial charge in [-0.2, -0.15) is 0 Å². The molecule has 3 heterocycles. The number of hydrogen-bond acceptors (Lipinski definition) is 4. The maximum Gasteiger partial charge on any atom is 0.0554 e. The van der Waals surface area contributed by atoms with Gasteiger partial charge in [-0.15, -0.1) is 22.7 Å². The summed E-state index contributed by atoms with van der Waals surface area (Å²) in [5.74, 6) is 0.269. The number of fused-ring (bicyclic) bond motifs is 16. The molecular formula is C65H45NS3. The summed E-state index contributed by atoms with van der Waals surface area (Å²) in [6, 6.07) is 79.4. The van der Waals surface area contributed by atoms with E-state index in [-0.39, 0.29) is 5.92 Å². The molecule has 69 heavy (non-hydrogen) atoms. The number of rotatable bonds is 3. The van der Waals surface area contributed by atoms with E-state index in [1.165, 1.54) is 110 Å². The zero-order valence-electron chi connectivity index (χ0n) is 38.0. The molecule has 0 bridgehead atoms. The normalized spacial score (nSPS) is 14.7. The molecule has 0 N–H and O–H groups in total. The van der Waals surface area contributed by atoms with Crippen molar-refractivity contribution in [2.45, 2.75) is 29.1 Å². The van der Waals surface area contributed by atoms with Crippen LogP contribution in [-0.4, -0.2) is 0 Å². The summed E-state index contributed by atoms with van der Waals surface area (Å²) in [4.78, 5) is 5.05. The highest BCUT2D eigenvalue weighted by atomic mass is 32.2. The van der Waals surface area contributed by atoms with Crippen LogP contribution in [0.15, 0.2) is 246 Å². The number of nitrogens with zero attached hydrogens (tertiary/aromatic N) is 1. The van der Waals surface area contributed by atoms with Crippen LogP contribution in [0, 0.1) is 0 Å². The van der Waals surface area contributed by atoms with Gasteiger partial charge >= 0.3 is 0 Å². The van der Waals surface area contributed by atoms with E-state index >= 15 is 0 Å². The Kier molecular flexibility index (Phi) is 10.6. The molecule has 0 radical (unpaired) electrons. The van der Waals surface area contributed by atoms with Gasteiger partial charge in [0.2, 0.25) is 0 Å². The minimum absolute atomic E-state index is 0.269. The van der Waals surface area contributed by atoms with Crippen LogP contribution in [0.3, 0.4) is 0 Å². The zero-order valence-corrected chi connectivity index (χ0v) is 40.4. The second-order valence-corrected chi connectivity index (χ2v) is 21.2. The van der Waals surface area contributed by atoms with Crippen molar-refractivity contribution in [1.82, 2.24) is 0 Å². The summed E-state index contributed by atoms with van der Waals surface area (Å²) in [5, 5.41) is 12.5. The van der Waals surface area contributed by atoms with Gasteiger partial charge in [0.1, 0.15) is 0 Å². The molecule has 12 aromatic rings. The molecule has 2 aromatic heterocycles. The second-order valence-electron chi connectivity index (χ2n) is 17.9. The topological polar surface area (TPSA) is 3.24 Å². The van der Waals surface area contributed by atoms with E-state index < -0.39 is 0 Å². The molecule has 0 saturated carbocycles. The number of anilines is 3. The molecule has 0 aliphatic carbocycles. The largest absolute Gasteiger partial charge is 0.310 e. The Bertz CT molecular complexity index is 4130. The van der Waals surface area contributed by atoms with Gasteiger partial charge in [0.05, 0.1) is 5.69 Å². The Hall–Kier alpha value is -7.47. The third-order valence-corrected chi connectivity index (χ3v) is 17.3. The van der Waals surface area contributed by atoms with Crippen LogP contribution in [0.2, 0.25) is 0 Å². The summed E-state index contributed by atoms with van der Waals surface area (Å²) >= 11 is 5.62. The lowest BCUT2D eigenvalue weighted by atomic mass is 9.91. The third-order valence-electron chi connectivity index (χ3n) is 13.8. The van der Waals surface area contributed by atoms with Crippen LogP contribution in [0.4, 0.5) is 17.1 Å². The molecule has 1 atom stereocenters. The lowest BCUT2D eigenvalue weighted by molar-refractivity contribution is 0.969. The SMILES string of the molecule is CC1/C=C\C=C/Cc2cc(N(c3ccc4sc5ccccc5c5ccccc5c5ccc6ccccc6c5c4c3)c3cccc4sc5ccccc5c34)ccc2Sc2ccccc2-c2ccccc21. The van der Waals surface area contributed by atoms with E-state index in [1.807, 2.05) is 34.4 Å². The highest BCUT2D eigenvalue weighted by Gasteiger charge is 2.22. The van der Waals surface area contributed by atoms with Crippen LogP contribution < -0.4 is 4.90 Å². The molecular weight excluding hydrogens is 891 g/mol. The summed E-state index contributed by atoms with van der Waals surface area (Å²) < 4.78 is 5.05. The first-order chi connectivity index (χ1) is 34.1. The van der Waals surface area contributed by atoms with Gasteiger partial charge < -0.3 is 4.90 Å². The summed E-state index contributed by atoms with van der Waals surface area (Å²) in [6.07, 6.45) is 9.90. The van der Waals surface area contributed by atoms with E-state index in [9.17, 15) is 0 Å². The van der Waals surface area contributed by atoms with Crippen molar-refractivity contribution < 1.29 is 0 Å². The van der Waals surface area contributed by atoms with Crippen molar-refractivity contribution in [2.75, 3.05) is 4.90 Å². The monoisotopic (exact) mass is 935 g/mol. The molecule has 10 aromatic carbocycles. The Morgan fingerprint density at radius 1 is 0.420 bits per heavy atom. The average Bonchev–Trinajstić information content (AvgIpc) is 3.80. The van der Waals surface area contributed by atoms with Crippen molar-refractivity contribution in [3.8, 4) is 11.1 Å². The van der Waals surface area contributed by atoms with Gasteiger partial charge in [0.25, 0.3) is 0 Å². The predicted molar refractivity (Wildman–Crippen MR) is 303 cm³/mol. The fourth-order valence-electron chi connectivity index (χ4n) is 10.6. The quantitative estimate of drug-likeness (QED) is 0.174. The average molecular weight is 936 g/mol. The van der Waals surface area contributed by atoms with E-state index in [0.717, 1.165) is 17.8 Å². The van der Waals surface area contributed by atoms with Gasteiger partial charge in [0, 0.05) is 56.1 Å². The number of thiophene rings is 1. The summed E-state index contributed by atoms with van der Waals surface area (Å²) in [5.41, 5.74) is 8.59. The summed E-state index contributed by atoms with van der Waals surface area (Å²) in [6.45, 7) is 2.30. The first kappa shape index (κ1) is 41.7. The first-order valence-corrected chi connectivity index (χ1v) is 26.2. The van der Waals surface area contributed by atoms with Crippen LogP contribution >= 0.6 is 34.4 Å². The van der Waals surface area contributed by atoms with Crippen molar-refractivity contribution in [3.05, 3.63) is 248 Å². The van der Waals surface area contributed by atoms with E-state index in [4.69, 9.17) is 0 Å². The highest BCUT2D eigenvalue weighted by molar-refractivity contribution is 7.99. The third kappa shape index (κ3) is 7.39. The van der Waals surface area contributed by atoms with Gasteiger partial charge in [-0.05, 0) is 139 Å². The molecule has 0 amide bonds. The molecule has 1 aliphatic rings. The minimum atomic E-state index is 0.269. The van der Waals surface area contributed by atoms with E-state index in [0.29, 0.717) is 0 Å².